The van der Waals surface area contributed by atoms with Gasteiger partial charge in [-0.15, -0.1) is 0 Å². The minimum absolute atomic E-state index is 0.194. The number of rotatable bonds is 3. The smallest absolute Gasteiger partial charge is 0.336 e. The molecule has 0 bridgehead atoms. The number of hydrogen-bond acceptors (Lipinski definition) is 3. The summed E-state index contributed by atoms with van der Waals surface area (Å²) in [5.74, 6) is 0.324. The fourth-order valence-electron chi connectivity index (χ4n) is 1.56. The first-order valence-electron chi connectivity index (χ1n) is 5.90. The van der Waals surface area contributed by atoms with Crippen molar-refractivity contribution in [3.8, 4) is 11.5 Å². The van der Waals surface area contributed by atoms with Gasteiger partial charge in [-0.3, -0.25) is 0 Å². The predicted octanol–water partition coefficient (Wildman–Crippen LogP) is 3.32. The molecule has 2 aromatic rings. The van der Waals surface area contributed by atoms with Crippen molar-refractivity contribution in [3.05, 3.63) is 65.7 Å². The highest BCUT2D eigenvalue weighted by molar-refractivity contribution is 5.88. The van der Waals surface area contributed by atoms with E-state index in [0.717, 1.165) is 11.1 Å². The third-order valence-electron chi connectivity index (χ3n) is 2.61. The Morgan fingerprint density at radius 1 is 1.11 bits per heavy atom. The summed E-state index contributed by atoms with van der Waals surface area (Å²) in [6.07, 6.45) is 3.00. The molecule has 0 amide bonds. The highest BCUT2D eigenvalue weighted by atomic mass is 16.5. The van der Waals surface area contributed by atoms with E-state index in [2.05, 4.69) is 0 Å². The first kappa shape index (κ1) is 12.9. The molecule has 96 valence electrons. The van der Waals surface area contributed by atoms with Crippen molar-refractivity contribution in [1.82, 2.24) is 0 Å². The van der Waals surface area contributed by atoms with E-state index >= 15 is 0 Å². The van der Waals surface area contributed by atoms with E-state index in [4.69, 9.17) is 9.84 Å². The minimum Gasteiger partial charge on any atom is -0.508 e. The van der Waals surface area contributed by atoms with E-state index in [1.165, 1.54) is 6.08 Å². The number of aryl methyl sites for hydroxylation is 1. The molecular weight excluding hydrogens is 240 g/mol. The Kier molecular flexibility index (Phi) is 3.98. The monoisotopic (exact) mass is 254 g/mol. The zero-order valence-electron chi connectivity index (χ0n) is 10.5. The lowest BCUT2D eigenvalue weighted by Crippen LogP contribution is -2.04. The number of carbonyl (C=O) groups is 1. The van der Waals surface area contributed by atoms with Crippen LogP contribution < -0.4 is 4.74 Å². The Balaban J connectivity index is 2.02. The van der Waals surface area contributed by atoms with Gasteiger partial charge in [0.1, 0.15) is 11.5 Å². The molecule has 0 aliphatic rings. The molecule has 0 radical (unpaired) electrons. The summed E-state index contributed by atoms with van der Waals surface area (Å²) in [7, 11) is 0. The summed E-state index contributed by atoms with van der Waals surface area (Å²) in [6.45, 7) is 1.88. The molecule has 0 heterocycles. The highest BCUT2D eigenvalue weighted by Crippen LogP contribution is 2.16. The van der Waals surface area contributed by atoms with E-state index in [0.29, 0.717) is 5.75 Å². The summed E-state index contributed by atoms with van der Waals surface area (Å²) in [5.41, 5.74) is 1.73. The molecule has 0 unspecified atom stereocenters. The van der Waals surface area contributed by atoms with Crippen LogP contribution in [0.25, 0.3) is 6.08 Å². The SMILES string of the molecule is Cc1ccccc1OC(=O)/C=C/c1ccc(O)cc1. The maximum atomic E-state index is 11.6. The van der Waals surface area contributed by atoms with Gasteiger partial charge in [0.2, 0.25) is 0 Å². The normalized spacial score (nSPS) is 10.6. The van der Waals surface area contributed by atoms with Crippen LogP contribution in [-0.2, 0) is 4.79 Å². The summed E-state index contributed by atoms with van der Waals surface area (Å²) in [5, 5.41) is 9.14. The molecule has 0 aliphatic heterocycles. The number of benzene rings is 2. The van der Waals surface area contributed by atoms with Crippen molar-refractivity contribution in [2.45, 2.75) is 6.92 Å². The minimum atomic E-state index is -0.428. The number of hydrogen-bond donors (Lipinski definition) is 1. The second-order valence-corrected chi connectivity index (χ2v) is 4.11. The molecule has 0 atom stereocenters. The fourth-order valence-corrected chi connectivity index (χ4v) is 1.56. The average Bonchev–Trinajstić information content (AvgIpc) is 2.41. The average molecular weight is 254 g/mol. The lowest BCUT2D eigenvalue weighted by atomic mass is 10.2. The summed E-state index contributed by atoms with van der Waals surface area (Å²) in [6, 6.07) is 13.9. The molecule has 2 aromatic carbocycles. The van der Waals surface area contributed by atoms with Crippen LogP contribution in [0.15, 0.2) is 54.6 Å². The van der Waals surface area contributed by atoms with Crippen LogP contribution in [-0.4, -0.2) is 11.1 Å². The van der Waals surface area contributed by atoms with Crippen LogP contribution in [0.2, 0.25) is 0 Å². The fraction of sp³-hybridized carbons (Fsp3) is 0.0625. The standard InChI is InChI=1S/C16H14O3/c1-12-4-2-3-5-15(12)19-16(18)11-8-13-6-9-14(17)10-7-13/h2-11,17H,1H3/b11-8+. The highest BCUT2D eigenvalue weighted by Gasteiger charge is 2.02. The lowest BCUT2D eigenvalue weighted by Gasteiger charge is -2.04. The Morgan fingerprint density at radius 2 is 1.79 bits per heavy atom. The Hall–Kier alpha value is -2.55. The quantitative estimate of drug-likeness (QED) is 0.519. The molecule has 0 aliphatic carbocycles. The van der Waals surface area contributed by atoms with Crippen molar-refractivity contribution in [2.75, 3.05) is 0 Å². The van der Waals surface area contributed by atoms with E-state index < -0.39 is 5.97 Å². The van der Waals surface area contributed by atoms with Gasteiger partial charge in [0.25, 0.3) is 0 Å². The van der Waals surface area contributed by atoms with E-state index in [1.54, 1.807) is 36.4 Å². The van der Waals surface area contributed by atoms with E-state index in [9.17, 15) is 4.79 Å². The molecule has 0 saturated carbocycles. The van der Waals surface area contributed by atoms with Gasteiger partial charge in [0.05, 0.1) is 0 Å². The van der Waals surface area contributed by atoms with Gasteiger partial charge < -0.3 is 9.84 Å². The van der Waals surface area contributed by atoms with Crippen molar-refractivity contribution in [2.24, 2.45) is 0 Å². The number of para-hydroxylation sites is 1. The summed E-state index contributed by atoms with van der Waals surface area (Å²) >= 11 is 0. The number of esters is 1. The van der Waals surface area contributed by atoms with Gasteiger partial charge in [-0.25, -0.2) is 4.79 Å². The Bertz CT molecular complexity index is 598. The topological polar surface area (TPSA) is 46.5 Å². The molecular formula is C16H14O3. The van der Waals surface area contributed by atoms with E-state index in [1.807, 2.05) is 25.1 Å². The van der Waals surface area contributed by atoms with Gasteiger partial charge in [-0.1, -0.05) is 30.3 Å². The second-order valence-electron chi connectivity index (χ2n) is 4.11. The van der Waals surface area contributed by atoms with Gasteiger partial charge in [0, 0.05) is 6.08 Å². The van der Waals surface area contributed by atoms with Gasteiger partial charge in [-0.2, -0.15) is 0 Å². The Labute approximate surface area is 111 Å². The van der Waals surface area contributed by atoms with Crippen LogP contribution in [0.1, 0.15) is 11.1 Å². The predicted molar refractivity (Wildman–Crippen MR) is 74.0 cm³/mol. The van der Waals surface area contributed by atoms with Crippen molar-refractivity contribution in [1.29, 1.82) is 0 Å². The number of aromatic hydroxyl groups is 1. The largest absolute Gasteiger partial charge is 0.508 e. The molecule has 0 spiro atoms. The molecule has 0 fully saturated rings. The molecule has 2 rings (SSSR count). The molecule has 0 saturated heterocycles. The maximum Gasteiger partial charge on any atom is 0.336 e. The summed E-state index contributed by atoms with van der Waals surface area (Å²) < 4.78 is 5.22. The summed E-state index contributed by atoms with van der Waals surface area (Å²) in [4.78, 5) is 11.6. The number of phenols is 1. The van der Waals surface area contributed by atoms with E-state index in [-0.39, 0.29) is 5.75 Å². The second kappa shape index (κ2) is 5.87. The van der Waals surface area contributed by atoms with Crippen LogP contribution >= 0.6 is 0 Å². The molecule has 0 aromatic heterocycles. The number of ether oxygens (including phenoxy) is 1. The first-order valence-corrected chi connectivity index (χ1v) is 5.90. The zero-order valence-corrected chi connectivity index (χ0v) is 10.5. The molecule has 19 heavy (non-hydrogen) atoms. The van der Waals surface area contributed by atoms with Crippen LogP contribution in [0.5, 0.6) is 11.5 Å². The van der Waals surface area contributed by atoms with Crippen molar-refractivity contribution in [3.63, 3.8) is 0 Å². The third-order valence-corrected chi connectivity index (χ3v) is 2.61. The Morgan fingerprint density at radius 3 is 2.47 bits per heavy atom. The molecule has 3 nitrogen and oxygen atoms in total. The van der Waals surface area contributed by atoms with Gasteiger partial charge in [0.15, 0.2) is 0 Å². The van der Waals surface area contributed by atoms with Crippen LogP contribution in [0.4, 0.5) is 0 Å². The van der Waals surface area contributed by atoms with Gasteiger partial charge in [-0.05, 0) is 42.3 Å². The first-order chi connectivity index (χ1) is 9.15. The molecule has 3 heteroatoms. The molecule has 1 N–H and O–H groups in total. The lowest BCUT2D eigenvalue weighted by molar-refractivity contribution is -0.128. The van der Waals surface area contributed by atoms with Crippen molar-refractivity contribution >= 4 is 12.0 Å². The zero-order chi connectivity index (χ0) is 13.7. The van der Waals surface area contributed by atoms with Crippen LogP contribution in [0.3, 0.4) is 0 Å². The third kappa shape index (κ3) is 3.71. The van der Waals surface area contributed by atoms with Gasteiger partial charge >= 0.3 is 5.97 Å². The van der Waals surface area contributed by atoms with Crippen molar-refractivity contribution < 1.29 is 14.6 Å². The number of phenolic OH excluding ortho intramolecular Hbond substituents is 1. The van der Waals surface area contributed by atoms with Crippen LogP contribution in [0, 0.1) is 6.92 Å². The maximum absolute atomic E-state index is 11.6. The number of carbonyl (C=O) groups excluding carboxylic acids is 1.